The van der Waals surface area contributed by atoms with Crippen LogP contribution >= 0.6 is 0 Å². The minimum atomic E-state index is 0.705. The number of hydrogen-bond acceptors (Lipinski definition) is 3. The predicted molar refractivity (Wildman–Crippen MR) is 78.2 cm³/mol. The van der Waals surface area contributed by atoms with Gasteiger partial charge in [0.2, 0.25) is 0 Å². The Balaban J connectivity index is 1.77. The second-order valence-electron chi connectivity index (χ2n) is 5.96. The Morgan fingerprint density at radius 3 is 3.05 bits per heavy atom. The van der Waals surface area contributed by atoms with Crippen molar-refractivity contribution in [3.63, 3.8) is 0 Å². The monoisotopic (exact) mass is 256 g/mol. The fraction of sp³-hybridized carbons (Fsp3) is 0.533. The number of nitrogen functional groups attached to an aromatic ring is 1. The van der Waals surface area contributed by atoms with E-state index >= 15 is 0 Å². The number of anilines is 2. The van der Waals surface area contributed by atoms with Gasteiger partial charge in [0.25, 0.3) is 0 Å². The van der Waals surface area contributed by atoms with Crippen LogP contribution in [-0.4, -0.2) is 22.8 Å². The first-order valence-electron chi connectivity index (χ1n) is 7.32. The molecule has 4 nitrogen and oxygen atoms in total. The van der Waals surface area contributed by atoms with E-state index in [0.29, 0.717) is 6.04 Å². The van der Waals surface area contributed by atoms with Crippen LogP contribution in [0, 0.1) is 5.92 Å². The average molecular weight is 256 g/mol. The third-order valence-electron chi connectivity index (χ3n) is 4.89. The van der Waals surface area contributed by atoms with E-state index in [9.17, 15) is 0 Å². The summed E-state index contributed by atoms with van der Waals surface area (Å²) in [5.74, 6) is 0.880. The number of H-pyrrole nitrogens is 1. The molecule has 1 saturated heterocycles. The van der Waals surface area contributed by atoms with Crippen LogP contribution in [0.25, 0.3) is 10.9 Å². The van der Waals surface area contributed by atoms with Crippen LogP contribution in [0.1, 0.15) is 32.1 Å². The summed E-state index contributed by atoms with van der Waals surface area (Å²) in [6.07, 6.45) is 8.62. The van der Waals surface area contributed by atoms with E-state index in [1.807, 2.05) is 12.3 Å². The second-order valence-corrected chi connectivity index (χ2v) is 5.96. The molecule has 1 aromatic carbocycles. The fourth-order valence-corrected chi connectivity index (χ4v) is 4.00. The van der Waals surface area contributed by atoms with E-state index in [1.54, 1.807) is 0 Å². The highest BCUT2D eigenvalue weighted by Crippen LogP contribution is 2.41. The number of nitrogens with two attached hydrogens (primary N) is 1. The molecule has 100 valence electrons. The van der Waals surface area contributed by atoms with Gasteiger partial charge in [-0.05, 0) is 43.7 Å². The lowest BCUT2D eigenvalue weighted by Crippen LogP contribution is -2.42. The van der Waals surface area contributed by atoms with Gasteiger partial charge in [-0.15, -0.1) is 0 Å². The maximum Gasteiger partial charge on any atom is 0.0672 e. The lowest BCUT2D eigenvalue weighted by atomic mass is 9.91. The van der Waals surface area contributed by atoms with E-state index in [2.05, 4.69) is 21.2 Å². The molecule has 19 heavy (non-hydrogen) atoms. The minimum absolute atomic E-state index is 0.705. The molecule has 1 aliphatic heterocycles. The zero-order valence-corrected chi connectivity index (χ0v) is 11.1. The van der Waals surface area contributed by atoms with Crippen LogP contribution in [0.15, 0.2) is 18.3 Å². The Labute approximate surface area is 113 Å². The molecule has 2 fully saturated rings. The van der Waals surface area contributed by atoms with E-state index in [0.717, 1.165) is 29.1 Å². The van der Waals surface area contributed by atoms with Crippen molar-refractivity contribution in [3.05, 3.63) is 18.3 Å². The summed E-state index contributed by atoms with van der Waals surface area (Å²) in [4.78, 5) is 2.55. The van der Waals surface area contributed by atoms with Crippen LogP contribution in [0.2, 0.25) is 0 Å². The summed E-state index contributed by atoms with van der Waals surface area (Å²) in [5, 5.41) is 8.25. The number of aromatic amines is 1. The molecule has 2 heterocycles. The molecule has 2 aromatic rings. The number of nitrogens with zero attached hydrogens (tertiary/aromatic N) is 2. The molecule has 1 saturated carbocycles. The number of nitrogens with one attached hydrogen (secondary N) is 1. The summed E-state index contributed by atoms with van der Waals surface area (Å²) in [5.41, 5.74) is 9.46. The van der Waals surface area contributed by atoms with Crippen LogP contribution in [0.5, 0.6) is 0 Å². The van der Waals surface area contributed by atoms with Crippen LogP contribution in [0.3, 0.4) is 0 Å². The molecule has 0 bridgehead atoms. The molecule has 2 unspecified atom stereocenters. The van der Waals surface area contributed by atoms with Crippen molar-refractivity contribution in [2.75, 3.05) is 17.2 Å². The van der Waals surface area contributed by atoms with E-state index in [1.165, 1.54) is 37.8 Å². The van der Waals surface area contributed by atoms with E-state index in [-0.39, 0.29) is 0 Å². The largest absolute Gasteiger partial charge is 0.397 e. The Morgan fingerprint density at radius 1 is 1.21 bits per heavy atom. The summed E-state index contributed by atoms with van der Waals surface area (Å²) in [6.45, 7) is 1.14. The lowest BCUT2D eigenvalue weighted by Gasteiger charge is -2.40. The van der Waals surface area contributed by atoms with Crippen molar-refractivity contribution in [1.82, 2.24) is 10.2 Å². The smallest absolute Gasteiger partial charge is 0.0672 e. The molecule has 0 amide bonds. The van der Waals surface area contributed by atoms with Crippen molar-refractivity contribution in [3.8, 4) is 0 Å². The molecule has 1 aromatic heterocycles. The molecule has 2 atom stereocenters. The molecule has 0 radical (unpaired) electrons. The Hall–Kier alpha value is -1.71. The molecular formula is C15H20N4. The van der Waals surface area contributed by atoms with E-state index < -0.39 is 0 Å². The SMILES string of the molecule is Nc1cc2cn[nH]c2cc1N1CCCC2CCCC21. The lowest BCUT2D eigenvalue weighted by molar-refractivity contribution is 0.363. The molecular weight excluding hydrogens is 236 g/mol. The summed E-state index contributed by atoms with van der Waals surface area (Å²) >= 11 is 0. The highest BCUT2D eigenvalue weighted by molar-refractivity contribution is 5.89. The fourth-order valence-electron chi connectivity index (χ4n) is 4.00. The highest BCUT2D eigenvalue weighted by atomic mass is 15.2. The number of hydrogen-bond donors (Lipinski definition) is 2. The minimum Gasteiger partial charge on any atom is -0.397 e. The van der Waals surface area contributed by atoms with Gasteiger partial charge < -0.3 is 10.6 Å². The average Bonchev–Trinajstić information content (AvgIpc) is 3.04. The topological polar surface area (TPSA) is 57.9 Å². The van der Waals surface area contributed by atoms with Crippen LogP contribution in [0.4, 0.5) is 11.4 Å². The van der Waals surface area contributed by atoms with Gasteiger partial charge in [-0.1, -0.05) is 6.42 Å². The Morgan fingerprint density at radius 2 is 2.11 bits per heavy atom. The van der Waals surface area contributed by atoms with Gasteiger partial charge in [-0.25, -0.2) is 0 Å². The van der Waals surface area contributed by atoms with Gasteiger partial charge in [0.15, 0.2) is 0 Å². The van der Waals surface area contributed by atoms with Crippen LogP contribution < -0.4 is 10.6 Å². The number of benzene rings is 1. The van der Waals surface area contributed by atoms with Gasteiger partial charge in [0.05, 0.1) is 23.1 Å². The second kappa shape index (κ2) is 4.15. The van der Waals surface area contributed by atoms with Crippen molar-refractivity contribution >= 4 is 22.3 Å². The number of aromatic nitrogens is 2. The first kappa shape index (κ1) is 11.1. The maximum absolute atomic E-state index is 6.28. The summed E-state index contributed by atoms with van der Waals surface area (Å²) < 4.78 is 0. The van der Waals surface area contributed by atoms with Gasteiger partial charge in [-0.2, -0.15) is 5.10 Å². The quantitative estimate of drug-likeness (QED) is 0.771. The molecule has 1 aliphatic carbocycles. The van der Waals surface area contributed by atoms with Gasteiger partial charge >= 0.3 is 0 Å². The van der Waals surface area contributed by atoms with E-state index in [4.69, 9.17) is 5.73 Å². The molecule has 4 rings (SSSR count). The maximum atomic E-state index is 6.28. The van der Waals surface area contributed by atoms with Crippen LogP contribution in [-0.2, 0) is 0 Å². The van der Waals surface area contributed by atoms with Gasteiger partial charge in [-0.3, -0.25) is 5.10 Å². The first-order chi connectivity index (χ1) is 9.33. The Kier molecular flexibility index (Phi) is 2.43. The summed E-state index contributed by atoms with van der Waals surface area (Å²) in [7, 11) is 0. The zero-order valence-electron chi connectivity index (χ0n) is 11.1. The zero-order chi connectivity index (χ0) is 12.8. The summed E-state index contributed by atoms with van der Waals surface area (Å²) in [6, 6.07) is 4.93. The first-order valence-corrected chi connectivity index (χ1v) is 7.32. The van der Waals surface area contributed by atoms with Gasteiger partial charge in [0, 0.05) is 18.0 Å². The molecule has 4 heteroatoms. The molecule has 0 spiro atoms. The third-order valence-corrected chi connectivity index (χ3v) is 4.89. The molecule has 3 N–H and O–H groups in total. The van der Waals surface area contributed by atoms with Gasteiger partial charge in [0.1, 0.15) is 0 Å². The molecule has 2 aliphatic rings. The number of fused-ring (bicyclic) bond motifs is 2. The normalized spacial score (nSPS) is 26.8. The predicted octanol–water partition coefficient (Wildman–Crippen LogP) is 2.91. The van der Waals surface area contributed by atoms with Crippen molar-refractivity contribution in [2.45, 2.75) is 38.1 Å². The Bertz CT molecular complexity index is 603. The highest BCUT2D eigenvalue weighted by Gasteiger charge is 2.35. The number of rotatable bonds is 1. The van der Waals surface area contributed by atoms with Crippen molar-refractivity contribution in [2.24, 2.45) is 5.92 Å². The standard InChI is InChI=1S/C15H20N4/c16-12-7-11-9-17-18-13(11)8-15(12)19-6-2-4-10-3-1-5-14(10)19/h7-10,14H,1-6,16H2,(H,17,18). The van der Waals surface area contributed by atoms with Crippen molar-refractivity contribution in [1.29, 1.82) is 0 Å². The van der Waals surface area contributed by atoms with Crippen molar-refractivity contribution < 1.29 is 0 Å². The number of piperidine rings is 1. The third kappa shape index (κ3) is 1.70.